The second-order valence-electron chi connectivity index (χ2n) is 7.40. The van der Waals surface area contributed by atoms with Crippen LogP contribution in [0.3, 0.4) is 0 Å². The van der Waals surface area contributed by atoms with Crippen LogP contribution in [0.2, 0.25) is 0 Å². The number of aromatic nitrogens is 3. The van der Waals surface area contributed by atoms with Gasteiger partial charge in [-0.2, -0.15) is 0 Å². The highest BCUT2D eigenvalue weighted by molar-refractivity contribution is 5.88. The molecule has 1 aliphatic heterocycles. The lowest BCUT2D eigenvalue weighted by Crippen LogP contribution is -2.34. The molecule has 1 aromatic carbocycles. The number of aryl methyl sites for hydroxylation is 2. The van der Waals surface area contributed by atoms with Gasteiger partial charge in [0.15, 0.2) is 0 Å². The number of benzene rings is 1. The summed E-state index contributed by atoms with van der Waals surface area (Å²) in [6.45, 7) is 3.57. The van der Waals surface area contributed by atoms with Gasteiger partial charge in [0, 0.05) is 19.2 Å². The average Bonchev–Trinajstić information content (AvgIpc) is 3.00. The van der Waals surface area contributed by atoms with Crippen molar-refractivity contribution >= 4 is 22.9 Å². The fraction of sp³-hybridized carbons (Fsp3) is 0.381. The molecule has 3 heterocycles. The van der Waals surface area contributed by atoms with Crippen molar-refractivity contribution in [2.24, 2.45) is 7.05 Å². The van der Waals surface area contributed by atoms with Gasteiger partial charge in [-0.1, -0.05) is 0 Å². The van der Waals surface area contributed by atoms with Crippen LogP contribution in [0.4, 0.5) is 10.6 Å². The second kappa shape index (κ2) is 8.19. The van der Waals surface area contributed by atoms with Crippen molar-refractivity contribution < 1.29 is 14.3 Å². The minimum absolute atomic E-state index is 0.0766. The van der Waals surface area contributed by atoms with Gasteiger partial charge in [0.05, 0.1) is 24.3 Å². The summed E-state index contributed by atoms with van der Waals surface area (Å²) in [6.07, 6.45) is 2.70. The standard InChI is InChI=1S/C21H25N5O4/c1-13-10-15(29-3)4-5-18(13)30-20(27)24-19-11-16-17(12-23-19)25(2)21(28)26(16)14-6-8-22-9-7-14/h4-5,10-12,14,22H,6-9H2,1-3H3,(H,23,24,27). The highest BCUT2D eigenvalue weighted by atomic mass is 16.6. The number of methoxy groups -OCH3 is 1. The highest BCUT2D eigenvalue weighted by Crippen LogP contribution is 2.25. The van der Waals surface area contributed by atoms with Crippen molar-refractivity contribution in [2.75, 3.05) is 25.5 Å². The van der Waals surface area contributed by atoms with E-state index in [1.165, 1.54) is 0 Å². The molecule has 2 aromatic heterocycles. The van der Waals surface area contributed by atoms with Crippen LogP contribution in [0, 0.1) is 6.92 Å². The van der Waals surface area contributed by atoms with E-state index < -0.39 is 6.09 Å². The molecular weight excluding hydrogens is 386 g/mol. The molecule has 0 bridgehead atoms. The Balaban J connectivity index is 1.59. The molecule has 0 atom stereocenters. The van der Waals surface area contributed by atoms with Gasteiger partial charge in [0.25, 0.3) is 0 Å². The Morgan fingerprint density at radius 2 is 2.00 bits per heavy atom. The third-order valence-electron chi connectivity index (χ3n) is 5.46. The zero-order chi connectivity index (χ0) is 21.3. The number of hydrogen-bond donors (Lipinski definition) is 2. The maximum absolute atomic E-state index is 12.8. The van der Waals surface area contributed by atoms with Crippen LogP contribution in [0.1, 0.15) is 24.4 Å². The summed E-state index contributed by atoms with van der Waals surface area (Å²) in [7, 11) is 3.31. The first kappa shape index (κ1) is 20.0. The van der Waals surface area contributed by atoms with Crippen LogP contribution in [0.25, 0.3) is 11.0 Å². The summed E-state index contributed by atoms with van der Waals surface area (Å²) >= 11 is 0. The van der Waals surface area contributed by atoms with E-state index in [1.807, 2.05) is 11.5 Å². The molecule has 30 heavy (non-hydrogen) atoms. The number of fused-ring (bicyclic) bond motifs is 1. The monoisotopic (exact) mass is 411 g/mol. The molecular formula is C21H25N5O4. The second-order valence-corrected chi connectivity index (χ2v) is 7.40. The van der Waals surface area contributed by atoms with Gasteiger partial charge in [-0.3, -0.25) is 14.5 Å². The molecule has 9 heteroatoms. The van der Waals surface area contributed by atoms with Crippen molar-refractivity contribution in [2.45, 2.75) is 25.8 Å². The van der Waals surface area contributed by atoms with Crippen LogP contribution in [-0.4, -0.2) is 40.4 Å². The summed E-state index contributed by atoms with van der Waals surface area (Å²) in [5.41, 5.74) is 2.17. The van der Waals surface area contributed by atoms with Gasteiger partial charge in [-0.25, -0.2) is 14.6 Å². The average molecular weight is 411 g/mol. The molecule has 1 aliphatic rings. The molecule has 0 radical (unpaired) electrons. The predicted octanol–water partition coefficient (Wildman–Crippen LogP) is 2.59. The third-order valence-corrected chi connectivity index (χ3v) is 5.46. The van der Waals surface area contributed by atoms with Crippen LogP contribution >= 0.6 is 0 Å². The fourth-order valence-corrected chi connectivity index (χ4v) is 3.84. The number of piperidine rings is 1. The molecule has 1 fully saturated rings. The van der Waals surface area contributed by atoms with E-state index in [4.69, 9.17) is 9.47 Å². The Labute approximate surface area is 173 Å². The van der Waals surface area contributed by atoms with Crippen molar-refractivity contribution in [3.63, 3.8) is 0 Å². The van der Waals surface area contributed by atoms with Crippen molar-refractivity contribution in [3.05, 3.63) is 46.5 Å². The molecule has 3 aromatic rings. The number of amides is 1. The summed E-state index contributed by atoms with van der Waals surface area (Å²) in [6, 6.07) is 7.03. The third kappa shape index (κ3) is 3.76. The van der Waals surface area contributed by atoms with E-state index in [1.54, 1.807) is 49.2 Å². The lowest BCUT2D eigenvalue weighted by Gasteiger charge is -2.23. The van der Waals surface area contributed by atoms with E-state index in [-0.39, 0.29) is 11.7 Å². The molecule has 0 aliphatic carbocycles. The van der Waals surface area contributed by atoms with Crippen molar-refractivity contribution in [1.82, 2.24) is 19.4 Å². The van der Waals surface area contributed by atoms with Gasteiger partial charge in [-0.05, 0) is 56.6 Å². The quantitative estimate of drug-likeness (QED) is 0.685. The van der Waals surface area contributed by atoms with E-state index in [9.17, 15) is 9.59 Å². The van der Waals surface area contributed by atoms with Gasteiger partial charge >= 0.3 is 11.8 Å². The Kier molecular flexibility index (Phi) is 5.45. The summed E-state index contributed by atoms with van der Waals surface area (Å²) < 4.78 is 14.0. The van der Waals surface area contributed by atoms with E-state index in [0.717, 1.165) is 42.5 Å². The molecule has 1 saturated heterocycles. The molecule has 158 valence electrons. The molecule has 0 spiro atoms. The van der Waals surface area contributed by atoms with Crippen LogP contribution in [0.15, 0.2) is 35.3 Å². The van der Waals surface area contributed by atoms with Crippen LogP contribution in [-0.2, 0) is 7.05 Å². The maximum Gasteiger partial charge on any atom is 0.418 e. The smallest absolute Gasteiger partial charge is 0.418 e. The minimum Gasteiger partial charge on any atom is -0.497 e. The minimum atomic E-state index is -0.651. The normalized spacial score (nSPS) is 14.6. The van der Waals surface area contributed by atoms with Crippen molar-refractivity contribution in [1.29, 1.82) is 0 Å². The Morgan fingerprint density at radius 3 is 2.70 bits per heavy atom. The number of anilines is 1. The van der Waals surface area contributed by atoms with Gasteiger partial charge in [0.1, 0.15) is 17.3 Å². The largest absolute Gasteiger partial charge is 0.497 e. The predicted molar refractivity (Wildman–Crippen MR) is 113 cm³/mol. The van der Waals surface area contributed by atoms with Gasteiger partial charge < -0.3 is 14.8 Å². The molecule has 0 unspecified atom stereocenters. The number of carbonyl (C=O) groups is 1. The number of pyridine rings is 1. The zero-order valence-corrected chi connectivity index (χ0v) is 17.3. The van der Waals surface area contributed by atoms with Crippen LogP contribution < -0.4 is 25.8 Å². The van der Waals surface area contributed by atoms with Gasteiger partial charge in [0.2, 0.25) is 0 Å². The summed E-state index contributed by atoms with van der Waals surface area (Å²) in [5, 5.41) is 5.97. The lowest BCUT2D eigenvalue weighted by molar-refractivity contribution is 0.214. The molecule has 2 N–H and O–H groups in total. The number of carbonyl (C=O) groups excluding carboxylic acids is 1. The van der Waals surface area contributed by atoms with Gasteiger partial charge in [-0.15, -0.1) is 0 Å². The lowest BCUT2D eigenvalue weighted by atomic mass is 10.1. The van der Waals surface area contributed by atoms with Crippen molar-refractivity contribution in [3.8, 4) is 11.5 Å². The SMILES string of the molecule is COc1ccc(OC(=O)Nc2cc3c(cn2)n(C)c(=O)n3C2CCNCC2)c(C)c1. The number of hydrogen-bond acceptors (Lipinski definition) is 6. The van der Waals surface area contributed by atoms with E-state index in [2.05, 4.69) is 15.6 Å². The van der Waals surface area contributed by atoms with E-state index >= 15 is 0 Å². The maximum atomic E-state index is 12.8. The Morgan fingerprint density at radius 1 is 1.23 bits per heavy atom. The molecule has 0 saturated carbocycles. The Bertz CT molecular complexity index is 1140. The fourth-order valence-electron chi connectivity index (χ4n) is 3.84. The molecule has 1 amide bonds. The first-order chi connectivity index (χ1) is 14.5. The topological polar surface area (TPSA) is 99.4 Å². The number of nitrogens with one attached hydrogen (secondary N) is 2. The molecule has 9 nitrogen and oxygen atoms in total. The number of ether oxygens (including phenoxy) is 2. The Hall–Kier alpha value is -3.33. The zero-order valence-electron chi connectivity index (χ0n) is 17.3. The van der Waals surface area contributed by atoms with E-state index in [0.29, 0.717) is 17.3 Å². The number of rotatable bonds is 4. The number of imidazole rings is 1. The summed E-state index contributed by atoms with van der Waals surface area (Å²) in [4.78, 5) is 29.5. The summed E-state index contributed by atoms with van der Waals surface area (Å²) in [5.74, 6) is 1.44. The molecule has 4 rings (SSSR count). The van der Waals surface area contributed by atoms with Crippen LogP contribution in [0.5, 0.6) is 11.5 Å². The first-order valence-electron chi connectivity index (χ1n) is 9.89. The highest BCUT2D eigenvalue weighted by Gasteiger charge is 2.22. The number of nitrogens with zero attached hydrogens (tertiary/aromatic N) is 3. The first-order valence-corrected chi connectivity index (χ1v) is 9.89.